The molecule has 0 saturated carbocycles. The van der Waals surface area contributed by atoms with Crippen LogP contribution in [0.5, 0.6) is 0 Å². The van der Waals surface area contributed by atoms with Crippen molar-refractivity contribution >= 4 is 11.6 Å². The molecular weight excluding hydrogens is 396 g/mol. The lowest BCUT2D eigenvalue weighted by Gasteiger charge is -2.44. The highest BCUT2D eigenvalue weighted by molar-refractivity contribution is 6.30. The van der Waals surface area contributed by atoms with E-state index in [1.54, 1.807) is 0 Å². The number of halogens is 1. The van der Waals surface area contributed by atoms with Gasteiger partial charge in [0.25, 0.3) is 0 Å². The van der Waals surface area contributed by atoms with Crippen LogP contribution in [0.15, 0.2) is 24.3 Å². The molecule has 3 heterocycles. The van der Waals surface area contributed by atoms with Gasteiger partial charge in [0, 0.05) is 49.8 Å². The van der Waals surface area contributed by atoms with Gasteiger partial charge < -0.3 is 14.9 Å². The fraction of sp³-hybridized carbons (Fsp3) is 0.750. The van der Waals surface area contributed by atoms with Crippen molar-refractivity contribution in [3.63, 3.8) is 0 Å². The molecule has 0 radical (unpaired) electrons. The zero-order chi connectivity index (χ0) is 20.8. The largest absolute Gasteiger partial charge is 0.444 e. The van der Waals surface area contributed by atoms with Gasteiger partial charge in [-0.3, -0.25) is 9.80 Å². The lowest BCUT2D eigenvalue weighted by Crippen LogP contribution is -2.52. The van der Waals surface area contributed by atoms with Crippen molar-refractivity contribution in [2.45, 2.75) is 44.2 Å². The molecular formula is C24H40ClN4O+. The highest BCUT2D eigenvalue weighted by Gasteiger charge is 2.30. The molecule has 1 aromatic carbocycles. The molecule has 0 bridgehead atoms. The summed E-state index contributed by atoms with van der Waals surface area (Å²) in [4.78, 5) is 10.6. The molecule has 1 unspecified atom stereocenters. The van der Waals surface area contributed by atoms with E-state index in [-0.39, 0.29) is 0 Å². The average Bonchev–Trinajstić information content (AvgIpc) is 2.80. The van der Waals surface area contributed by atoms with Gasteiger partial charge in [0.05, 0.1) is 6.54 Å². The summed E-state index contributed by atoms with van der Waals surface area (Å²) in [7, 11) is 0. The van der Waals surface area contributed by atoms with Gasteiger partial charge >= 0.3 is 0 Å². The van der Waals surface area contributed by atoms with E-state index in [9.17, 15) is 0 Å². The minimum Gasteiger partial charge on any atom is -0.444 e. The van der Waals surface area contributed by atoms with Gasteiger partial charge in [-0.05, 0) is 69.6 Å². The van der Waals surface area contributed by atoms with Gasteiger partial charge in [-0.25, -0.2) is 0 Å². The summed E-state index contributed by atoms with van der Waals surface area (Å²) >= 11 is 6.18. The van der Waals surface area contributed by atoms with E-state index >= 15 is 0 Å². The third-order valence-electron chi connectivity index (χ3n) is 7.43. The first-order valence-electron chi connectivity index (χ1n) is 12.1. The summed E-state index contributed by atoms with van der Waals surface area (Å²) in [6.07, 6.45) is 6.86. The number of hydrogen-bond donors (Lipinski definition) is 0. The minimum atomic E-state index is 0.437. The van der Waals surface area contributed by atoms with Gasteiger partial charge in [0.15, 0.2) is 6.61 Å². The standard InChI is InChI=1S/C24H39ClN4O/c25-22-6-4-21(5-7-22)24(29-16-14-26(15-17-29)18-19-30)20-27-12-8-23(9-13-27)28-10-2-1-3-11-28/h4-7,23-24,30H,1-3,8-20H2/p+1. The number of piperazine rings is 1. The van der Waals surface area contributed by atoms with Crippen LogP contribution in [0, 0.1) is 0 Å². The molecule has 1 atom stereocenters. The maximum absolute atomic E-state index is 7.51. The van der Waals surface area contributed by atoms with Crippen molar-refractivity contribution in [3.8, 4) is 0 Å². The molecule has 0 aromatic heterocycles. The summed E-state index contributed by atoms with van der Waals surface area (Å²) < 4.78 is 0. The van der Waals surface area contributed by atoms with Crippen LogP contribution in [-0.2, 0) is 0 Å². The van der Waals surface area contributed by atoms with Gasteiger partial charge in [-0.1, -0.05) is 30.2 Å². The van der Waals surface area contributed by atoms with Crippen molar-refractivity contribution in [2.75, 3.05) is 72.1 Å². The Morgan fingerprint density at radius 2 is 1.50 bits per heavy atom. The number of hydrogen-bond acceptors (Lipinski definition) is 4. The van der Waals surface area contributed by atoms with Crippen molar-refractivity contribution in [3.05, 3.63) is 34.9 Å². The maximum atomic E-state index is 7.51. The molecule has 4 rings (SSSR count). The predicted octanol–water partition coefficient (Wildman–Crippen LogP) is 2.67. The van der Waals surface area contributed by atoms with Gasteiger partial charge in [0.2, 0.25) is 0 Å². The van der Waals surface area contributed by atoms with Crippen LogP contribution in [0.3, 0.4) is 0 Å². The molecule has 3 fully saturated rings. The first-order chi connectivity index (χ1) is 14.7. The Bertz CT molecular complexity index is 621. The number of piperidine rings is 2. The van der Waals surface area contributed by atoms with Crippen LogP contribution >= 0.6 is 11.6 Å². The molecule has 30 heavy (non-hydrogen) atoms. The van der Waals surface area contributed by atoms with Crippen molar-refractivity contribution in [1.82, 2.24) is 19.6 Å². The first-order valence-corrected chi connectivity index (χ1v) is 12.4. The van der Waals surface area contributed by atoms with E-state index in [1.807, 2.05) is 12.1 Å². The summed E-state index contributed by atoms with van der Waals surface area (Å²) in [5, 5.41) is 8.33. The molecule has 0 amide bonds. The summed E-state index contributed by atoms with van der Waals surface area (Å²) in [5.41, 5.74) is 1.39. The predicted molar refractivity (Wildman–Crippen MR) is 126 cm³/mol. The lowest BCUT2D eigenvalue weighted by molar-refractivity contribution is 0.0474. The zero-order valence-corrected chi connectivity index (χ0v) is 19.2. The maximum Gasteiger partial charge on any atom is 0.156 e. The van der Waals surface area contributed by atoms with Crippen LogP contribution < -0.4 is 0 Å². The van der Waals surface area contributed by atoms with E-state index in [2.05, 4.69) is 31.7 Å². The van der Waals surface area contributed by atoms with E-state index in [0.29, 0.717) is 12.6 Å². The second kappa shape index (κ2) is 11.3. The van der Waals surface area contributed by atoms with Crippen LogP contribution in [0.25, 0.3) is 0 Å². The lowest BCUT2D eigenvalue weighted by atomic mass is 9.98. The molecule has 168 valence electrons. The van der Waals surface area contributed by atoms with Crippen LogP contribution in [-0.4, -0.2) is 103 Å². The van der Waals surface area contributed by atoms with Crippen LogP contribution in [0.1, 0.15) is 43.7 Å². The number of likely N-dealkylation sites (tertiary alicyclic amines) is 2. The molecule has 2 N–H and O–H groups in total. The fourth-order valence-corrected chi connectivity index (χ4v) is 5.69. The van der Waals surface area contributed by atoms with Crippen LogP contribution in [0.2, 0.25) is 5.02 Å². The smallest absolute Gasteiger partial charge is 0.156 e. The molecule has 5 nitrogen and oxygen atoms in total. The zero-order valence-electron chi connectivity index (χ0n) is 18.4. The number of benzene rings is 1. The quantitative estimate of drug-likeness (QED) is 0.617. The third kappa shape index (κ3) is 5.96. The van der Waals surface area contributed by atoms with Gasteiger partial charge in [-0.2, -0.15) is 0 Å². The van der Waals surface area contributed by atoms with Gasteiger partial charge in [-0.15, -0.1) is 0 Å². The number of rotatable bonds is 7. The molecule has 3 aliphatic rings. The SMILES string of the molecule is [OH2+]CCN1CCN(C(CN2CCC(N3CCCCC3)CC2)c2ccc(Cl)cc2)CC1. The molecule has 3 saturated heterocycles. The van der Waals surface area contributed by atoms with E-state index in [4.69, 9.17) is 16.7 Å². The Balaban J connectivity index is 1.36. The Kier molecular flexibility index (Phi) is 8.44. The first kappa shape index (κ1) is 22.5. The Labute approximate surface area is 187 Å². The van der Waals surface area contributed by atoms with Crippen molar-refractivity contribution in [1.29, 1.82) is 0 Å². The van der Waals surface area contributed by atoms with E-state index in [1.165, 1.54) is 63.8 Å². The second-order valence-corrected chi connectivity index (χ2v) is 9.76. The number of nitrogens with zero attached hydrogens (tertiary/aromatic N) is 4. The highest BCUT2D eigenvalue weighted by Crippen LogP contribution is 2.27. The Hall–Kier alpha value is -0.690. The monoisotopic (exact) mass is 435 g/mol. The van der Waals surface area contributed by atoms with Crippen molar-refractivity contribution in [2.24, 2.45) is 0 Å². The molecule has 0 spiro atoms. The molecule has 1 aromatic rings. The molecule has 3 aliphatic heterocycles. The normalized spacial score (nSPS) is 24.9. The fourth-order valence-electron chi connectivity index (χ4n) is 5.57. The summed E-state index contributed by atoms with van der Waals surface area (Å²) in [6, 6.07) is 9.79. The summed E-state index contributed by atoms with van der Waals surface area (Å²) in [5.74, 6) is 0. The van der Waals surface area contributed by atoms with E-state index in [0.717, 1.165) is 50.3 Å². The topological polar surface area (TPSA) is 35.9 Å². The van der Waals surface area contributed by atoms with E-state index < -0.39 is 0 Å². The Morgan fingerprint density at radius 3 is 2.13 bits per heavy atom. The average molecular weight is 436 g/mol. The third-order valence-corrected chi connectivity index (χ3v) is 7.68. The van der Waals surface area contributed by atoms with Crippen LogP contribution in [0.4, 0.5) is 0 Å². The minimum absolute atomic E-state index is 0.437. The summed E-state index contributed by atoms with van der Waals surface area (Å²) in [6.45, 7) is 12.0. The Morgan fingerprint density at radius 1 is 0.833 bits per heavy atom. The highest BCUT2D eigenvalue weighted by atomic mass is 35.5. The second-order valence-electron chi connectivity index (χ2n) is 9.32. The van der Waals surface area contributed by atoms with Crippen molar-refractivity contribution < 1.29 is 5.11 Å². The molecule has 6 heteroatoms. The van der Waals surface area contributed by atoms with Gasteiger partial charge in [0.1, 0.15) is 0 Å². The molecule has 0 aliphatic carbocycles.